The van der Waals surface area contributed by atoms with Crippen LogP contribution in [0, 0.1) is 13.8 Å². The molecule has 0 bridgehead atoms. The van der Waals surface area contributed by atoms with Crippen LogP contribution in [0.5, 0.6) is 0 Å². The minimum absolute atomic E-state index is 0.0289. The number of nitrogens with zero attached hydrogens (tertiary/aromatic N) is 2. The van der Waals surface area contributed by atoms with Gasteiger partial charge in [-0.1, -0.05) is 0 Å². The first-order valence-corrected chi connectivity index (χ1v) is 6.49. The first kappa shape index (κ1) is 13.7. The number of hydrogen-bond acceptors (Lipinski definition) is 4. The van der Waals surface area contributed by atoms with E-state index in [1.165, 1.54) is 0 Å². The molecule has 0 spiro atoms. The molecule has 2 rings (SSSR count). The third-order valence-corrected chi connectivity index (χ3v) is 3.53. The zero-order chi connectivity index (χ0) is 14.0. The van der Waals surface area contributed by atoms with E-state index in [4.69, 9.17) is 0 Å². The highest BCUT2D eigenvalue weighted by atomic mass is 16.3. The molecule has 1 aliphatic rings. The molecule has 1 saturated heterocycles. The maximum atomic E-state index is 12.2. The third kappa shape index (κ3) is 3.20. The van der Waals surface area contributed by atoms with Crippen molar-refractivity contribution in [2.75, 3.05) is 13.1 Å². The van der Waals surface area contributed by atoms with Gasteiger partial charge in [0.2, 0.25) is 5.91 Å². The maximum Gasteiger partial charge on any atom is 0.345 e. The monoisotopic (exact) mass is 265 g/mol. The van der Waals surface area contributed by atoms with E-state index in [1.807, 2.05) is 0 Å². The lowest BCUT2D eigenvalue weighted by atomic mass is 10.0. The Bertz CT molecular complexity index is 512. The van der Waals surface area contributed by atoms with E-state index in [1.54, 1.807) is 18.7 Å². The number of likely N-dealkylation sites (tertiary alicyclic amines) is 1. The van der Waals surface area contributed by atoms with Crippen LogP contribution in [0.4, 0.5) is 0 Å². The molecule has 0 aromatic carbocycles. The number of aliphatic hydroxyl groups is 1. The van der Waals surface area contributed by atoms with Crippen LogP contribution in [0.15, 0.2) is 4.79 Å². The molecule has 6 nitrogen and oxygen atoms in total. The van der Waals surface area contributed by atoms with Gasteiger partial charge in [0, 0.05) is 30.0 Å². The molecule has 1 atom stereocenters. The van der Waals surface area contributed by atoms with Crippen LogP contribution in [0.25, 0.3) is 0 Å². The Morgan fingerprint density at radius 3 is 2.89 bits per heavy atom. The van der Waals surface area contributed by atoms with Gasteiger partial charge in [-0.05, 0) is 26.7 Å². The van der Waals surface area contributed by atoms with Gasteiger partial charge in [-0.2, -0.15) is 4.98 Å². The topological polar surface area (TPSA) is 86.3 Å². The fourth-order valence-corrected chi connectivity index (χ4v) is 2.46. The molecule has 0 radical (unpaired) electrons. The second kappa shape index (κ2) is 5.52. The van der Waals surface area contributed by atoms with Crippen molar-refractivity contribution in [2.45, 2.75) is 39.2 Å². The summed E-state index contributed by atoms with van der Waals surface area (Å²) in [6.07, 6.45) is 1.37. The first-order valence-electron chi connectivity index (χ1n) is 6.49. The number of aromatic nitrogens is 2. The summed E-state index contributed by atoms with van der Waals surface area (Å²) >= 11 is 0. The molecule has 1 fully saturated rings. The minimum atomic E-state index is -0.423. The maximum absolute atomic E-state index is 12.2. The van der Waals surface area contributed by atoms with Gasteiger partial charge in [-0.15, -0.1) is 0 Å². The lowest BCUT2D eigenvalue weighted by Gasteiger charge is -2.30. The standard InChI is InChI=1S/C13H19N3O3/c1-8-11(9(2)15-13(19)14-8)6-12(18)16-5-3-4-10(17)7-16/h10,17H,3-7H2,1-2H3,(H,14,15,19)/t10-/m0/s1. The molecule has 2 N–H and O–H groups in total. The number of aromatic amines is 1. The fourth-order valence-electron chi connectivity index (χ4n) is 2.46. The number of nitrogens with one attached hydrogen (secondary N) is 1. The molecule has 1 amide bonds. The molecule has 1 aromatic heterocycles. The van der Waals surface area contributed by atoms with Gasteiger partial charge in [0.05, 0.1) is 12.5 Å². The van der Waals surface area contributed by atoms with Crippen molar-refractivity contribution in [3.05, 3.63) is 27.4 Å². The third-order valence-electron chi connectivity index (χ3n) is 3.53. The Morgan fingerprint density at radius 2 is 2.26 bits per heavy atom. The summed E-state index contributed by atoms with van der Waals surface area (Å²) in [5, 5.41) is 9.59. The SMILES string of the molecule is Cc1nc(=O)[nH]c(C)c1CC(=O)N1CCC[C@H](O)C1. The van der Waals surface area contributed by atoms with E-state index in [0.29, 0.717) is 24.5 Å². The number of carbonyl (C=O) groups is 1. The van der Waals surface area contributed by atoms with Gasteiger partial charge in [0.25, 0.3) is 0 Å². The van der Waals surface area contributed by atoms with Crippen molar-refractivity contribution in [2.24, 2.45) is 0 Å². The number of rotatable bonds is 2. The molecule has 2 heterocycles. The second-order valence-corrected chi connectivity index (χ2v) is 5.04. The highest BCUT2D eigenvalue weighted by Gasteiger charge is 2.23. The Kier molecular flexibility index (Phi) is 3.99. The van der Waals surface area contributed by atoms with Gasteiger partial charge < -0.3 is 15.0 Å². The molecular formula is C13H19N3O3. The second-order valence-electron chi connectivity index (χ2n) is 5.04. The van der Waals surface area contributed by atoms with E-state index in [9.17, 15) is 14.7 Å². The zero-order valence-electron chi connectivity index (χ0n) is 11.3. The Labute approximate surface area is 111 Å². The normalized spacial score (nSPS) is 19.5. The number of carbonyl (C=O) groups excluding carboxylic acids is 1. The number of aliphatic hydroxyl groups excluding tert-OH is 1. The Hall–Kier alpha value is -1.69. The van der Waals surface area contributed by atoms with Crippen LogP contribution in [0.3, 0.4) is 0 Å². The number of aryl methyl sites for hydroxylation is 2. The van der Waals surface area contributed by atoms with Gasteiger partial charge in [0.15, 0.2) is 0 Å². The highest BCUT2D eigenvalue weighted by Crippen LogP contribution is 2.14. The van der Waals surface area contributed by atoms with E-state index in [-0.39, 0.29) is 18.0 Å². The number of amides is 1. The van der Waals surface area contributed by atoms with Gasteiger partial charge in [0.1, 0.15) is 0 Å². The van der Waals surface area contributed by atoms with Gasteiger partial charge in [-0.25, -0.2) is 4.79 Å². The summed E-state index contributed by atoms with van der Waals surface area (Å²) in [7, 11) is 0. The van der Waals surface area contributed by atoms with Crippen molar-refractivity contribution in [3.63, 3.8) is 0 Å². The van der Waals surface area contributed by atoms with Crippen LogP contribution in [-0.4, -0.2) is 45.1 Å². The Balaban J connectivity index is 2.13. The molecule has 1 aromatic rings. The van der Waals surface area contributed by atoms with Gasteiger partial charge in [-0.3, -0.25) is 4.79 Å². The smallest absolute Gasteiger partial charge is 0.345 e. The van der Waals surface area contributed by atoms with Crippen LogP contribution in [0.2, 0.25) is 0 Å². The fraction of sp³-hybridized carbons (Fsp3) is 0.615. The number of H-pyrrole nitrogens is 1. The molecule has 0 unspecified atom stereocenters. The van der Waals surface area contributed by atoms with Gasteiger partial charge >= 0.3 is 5.69 Å². The number of hydrogen-bond donors (Lipinski definition) is 2. The molecule has 0 aliphatic carbocycles. The van der Waals surface area contributed by atoms with Crippen LogP contribution in [0.1, 0.15) is 29.8 Å². The molecule has 19 heavy (non-hydrogen) atoms. The Morgan fingerprint density at radius 1 is 1.53 bits per heavy atom. The van der Waals surface area contributed by atoms with Crippen molar-refractivity contribution in [3.8, 4) is 0 Å². The van der Waals surface area contributed by atoms with E-state index in [0.717, 1.165) is 18.4 Å². The molecule has 1 aliphatic heterocycles. The molecule has 0 saturated carbocycles. The van der Waals surface area contributed by atoms with Crippen molar-refractivity contribution in [1.82, 2.24) is 14.9 Å². The predicted octanol–water partition coefficient (Wildman–Crippen LogP) is -0.0875. The van der Waals surface area contributed by atoms with E-state index in [2.05, 4.69) is 9.97 Å². The number of β-amino-alcohol motifs (C(OH)–C–C–N with tert-alkyl or cyclic N) is 1. The highest BCUT2D eigenvalue weighted by molar-refractivity contribution is 5.79. The quantitative estimate of drug-likeness (QED) is 0.782. The zero-order valence-corrected chi connectivity index (χ0v) is 11.3. The molecular weight excluding hydrogens is 246 g/mol. The summed E-state index contributed by atoms with van der Waals surface area (Å²) in [6.45, 7) is 4.58. The molecule has 104 valence electrons. The van der Waals surface area contributed by atoms with Crippen molar-refractivity contribution >= 4 is 5.91 Å². The summed E-state index contributed by atoms with van der Waals surface area (Å²) in [5.74, 6) is -0.0289. The summed E-state index contributed by atoms with van der Waals surface area (Å²) in [6, 6.07) is 0. The largest absolute Gasteiger partial charge is 0.391 e. The lowest BCUT2D eigenvalue weighted by molar-refractivity contribution is -0.133. The van der Waals surface area contributed by atoms with E-state index >= 15 is 0 Å². The number of piperidine rings is 1. The van der Waals surface area contributed by atoms with E-state index < -0.39 is 6.10 Å². The molecule has 6 heteroatoms. The average molecular weight is 265 g/mol. The van der Waals surface area contributed by atoms with Crippen molar-refractivity contribution < 1.29 is 9.90 Å². The summed E-state index contributed by atoms with van der Waals surface area (Å²) in [4.78, 5) is 31.5. The van der Waals surface area contributed by atoms with Crippen LogP contribution in [-0.2, 0) is 11.2 Å². The predicted molar refractivity (Wildman–Crippen MR) is 69.9 cm³/mol. The average Bonchev–Trinajstić information content (AvgIpc) is 2.33. The summed E-state index contributed by atoms with van der Waals surface area (Å²) < 4.78 is 0. The minimum Gasteiger partial charge on any atom is -0.391 e. The van der Waals surface area contributed by atoms with Crippen molar-refractivity contribution in [1.29, 1.82) is 0 Å². The lowest BCUT2D eigenvalue weighted by Crippen LogP contribution is -2.43. The van der Waals surface area contributed by atoms with Crippen LogP contribution < -0.4 is 5.69 Å². The summed E-state index contributed by atoms with van der Waals surface area (Å²) in [5.41, 5.74) is 1.65. The first-order chi connectivity index (χ1) is 8.97. The van der Waals surface area contributed by atoms with Crippen LogP contribution >= 0.6 is 0 Å².